The molecule has 0 aliphatic heterocycles. The maximum Gasteiger partial charge on any atom is 0.416 e. The van der Waals surface area contributed by atoms with E-state index in [9.17, 15) is 18.0 Å². The second kappa shape index (κ2) is 5.40. The molecule has 1 aromatic heterocycles. The normalized spacial score (nSPS) is 11.8. The first kappa shape index (κ1) is 14.8. The van der Waals surface area contributed by atoms with Crippen LogP contribution in [0.4, 0.5) is 13.2 Å². The van der Waals surface area contributed by atoms with Crippen molar-refractivity contribution in [2.75, 3.05) is 0 Å². The van der Waals surface area contributed by atoms with Crippen LogP contribution in [-0.4, -0.2) is 10.9 Å². The maximum absolute atomic E-state index is 12.9. The van der Waals surface area contributed by atoms with Crippen molar-refractivity contribution >= 4 is 27.5 Å². The molecule has 1 aromatic carbocycles. The Morgan fingerprint density at radius 3 is 2.70 bits per heavy atom. The molecule has 0 fully saturated rings. The molecule has 0 aliphatic rings. The molecule has 0 spiro atoms. The van der Waals surface area contributed by atoms with Crippen LogP contribution in [-0.2, 0) is 17.5 Å². The van der Waals surface area contributed by atoms with Gasteiger partial charge in [-0.3, -0.25) is 4.79 Å². The Morgan fingerprint density at radius 1 is 1.40 bits per heavy atom. The van der Waals surface area contributed by atoms with E-state index in [2.05, 4.69) is 10.3 Å². The van der Waals surface area contributed by atoms with Crippen LogP contribution in [0.3, 0.4) is 0 Å². The van der Waals surface area contributed by atoms with E-state index < -0.39 is 11.7 Å². The average molecular weight is 302 g/mol. The molecular weight excluding hydrogens is 289 g/mol. The standard InChI is InChI=1S/C13H13F3N2OS/c1-3-11(19)17-6-8-4-9(13(14,15)16)5-10-12(8)18-7(2)20-10/h4-5H,3,6H2,1-2H3,(H,17,19). The zero-order valence-corrected chi connectivity index (χ0v) is 11.8. The highest BCUT2D eigenvalue weighted by molar-refractivity contribution is 7.18. The molecule has 0 unspecified atom stereocenters. The van der Waals surface area contributed by atoms with Gasteiger partial charge in [-0.25, -0.2) is 4.98 Å². The number of aromatic nitrogens is 1. The van der Waals surface area contributed by atoms with Crippen molar-refractivity contribution in [3.8, 4) is 0 Å². The summed E-state index contributed by atoms with van der Waals surface area (Å²) >= 11 is 1.21. The van der Waals surface area contributed by atoms with Crippen molar-refractivity contribution in [1.82, 2.24) is 10.3 Å². The summed E-state index contributed by atoms with van der Waals surface area (Å²) < 4.78 is 39.1. The summed E-state index contributed by atoms with van der Waals surface area (Å²) in [6, 6.07) is 2.16. The number of nitrogens with one attached hydrogen (secondary N) is 1. The van der Waals surface area contributed by atoms with E-state index in [0.717, 1.165) is 12.1 Å². The maximum atomic E-state index is 12.9. The lowest BCUT2D eigenvalue weighted by molar-refractivity contribution is -0.137. The molecule has 0 saturated heterocycles. The lowest BCUT2D eigenvalue weighted by Gasteiger charge is -2.10. The number of rotatable bonds is 3. The molecule has 20 heavy (non-hydrogen) atoms. The molecule has 2 aromatic rings. The third-order valence-electron chi connectivity index (χ3n) is 2.81. The number of hydrogen-bond donors (Lipinski definition) is 1. The predicted octanol–water partition coefficient (Wildman–Crippen LogP) is 3.65. The van der Waals surface area contributed by atoms with Gasteiger partial charge in [0.1, 0.15) is 0 Å². The van der Waals surface area contributed by atoms with E-state index in [-0.39, 0.29) is 18.9 Å². The van der Waals surface area contributed by atoms with Crippen LogP contribution < -0.4 is 5.32 Å². The fourth-order valence-electron chi connectivity index (χ4n) is 1.83. The summed E-state index contributed by atoms with van der Waals surface area (Å²) in [5, 5.41) is 3.28. The number of amides is 1. The van der Waals surface area contributed by atoms with Crippen LogP contribution in [0.25, 0.3) is 10.2 Å². The molecule has 1 amide bonds. The van der Waals surface area contributed by atoms with Crippen LogP contribution in [0, 0.1) is 6.92 Å². The molecule has 0 saturated carbocycles. The molecule has 1 N–H and O–H groups in total. The van der Waals surface area contributed by atoms with Crippen LogP contribution in [0.1, 0.15) is 29.5 Å². The summed E-state index contributed by atoms with van der Waals surface area (Å²) in [6.07, 6.45) is -4.12. The lowest BCUT2D eigenvalue weighted by atomic mass is 10.1. The minimum absolute atomic E-state index is 0.0519. The highest BCUT2D eigenvalue weighted by Crippen LogP contribution is 2.35. The third kappa shape index (κ3) is 3.09. The van der Waals surface area contributed by atoms with E-state index in [1.807, 2.05) is 0 Å². The Kier molecular flexibility index (Phi) is 3.99. The molecule has 7 heteroatoms. The number of aryl methyl sites for hydroxylation is 1. The Hall–Kier alpha value is -1.63. The summed E-state index contributed by atoms with van der Waals surface area (Å²) in [5.74, 6) is -0.206. The molecule has 3 nitrogen and oxygen atoms in total. The van der Waals surface area contributed by atoms with Gasteiger partial charge in [0.25, 0.3) is 0 Å². The van der Waals surface area contributed by atoms with Crippen LogP contribution in [0.15, 0.2) is 12.1 Å². The number of fused-ring (bicyclic) bond motifs is 1. The van der Waals surface area contributed by atoms with Gasteiger partial charge in [-0.15, -0.1) is 11.3 Å². The predicted molar refractivity (Wildman–Crippen MR) is 71.5 cm³/mol. The molecule has 108 valence electrons. The van der Waals surface area contributed by atoms with Gasteiger partial charge in [0.2, 0.25) is 5.91 Å². The fourth-order valence-corrected chi connectivity index (χ4v) is 2.74. The number of benzene rings is 1. The largest absolute Gasteiger partial charge is 0.416 e. The molecule has 0 atom stereocenters. The monoisotopic (exact) mass is 302 g/mol. The van der Waals surface area contributed by atoms with Gasteiger partial charge >= 0.3 is 6.18 Å². The van der Waals surface area contributed by atoms with Crippen molar-refractivity contribution in [1.29, 1.82) is 0 Å². The van der Waals surface area contributed by atoms with E-state index in [4.69, 9.17) is 0 Å². The number of carbonyl (C=O) groups is 1. The van der Waals surface area contributed by atoms with Gasteiger partial charge in [0.15, 0.2) is 0 Å². The second-order valence-electron chi connectivity index (χ2n) is 4.34. The van der Waals surface area contributed by atoms with Gasteiger partial charge in [-0.05, 0) is 24.6 Å². The molecular formula is C13H13F3N2OS. The molecule has 2 rings (SSSR count). The van der Waals surface area contributed by atoms with Crippen molar-refractivity contribution in [3.05, 3.63) is 28.3 Å². The summed E-state index contributed by atoms with van der Waals surface area (Å²) in [7, 11) is 0. The number of nitrogens with zero attached hydrogens (tertiary/aromatic N) is 1. The molecule has 0 bridgehead atoms. The fraction of sp³-hybridized carbons (Fsp3) is 0.385. The Morgan fingerprint density at radius 2 is 2.10 bits per heavy atom. The first-order valence-corrected chi connectivity index (χ1v) is 6.87. The van der Waals surface area contributed by atoms with Crippen LogP contribution in [0.2, 0.25) is 0 Å². The number of hydrogen-bond acceptors (Lipinski definition) is 3. The van der Waals surface area contributed by atoms with Crippen molar-refractivity contribution < 1.29 is 18.0 Å². The van der Waals surface area contributed by atoms with Crippen molar-refractivity contribution in [2.45, 2.75) is 33.0 Å². The van der Waals surface area contributed by atoms with Gasteiger partial charge in [0, 0.05) is 13.0 Å². The molecule has 0 aliphatic carbocycles. The van der Waals surface area contributed by atoms with E-state index in [1.54, 1.807) is 13.8 Å². The first-order chi connectivity index (χ1) is 9.31. The first-order valence-electron chi connectivity index (χ1n) is 6.05. The van der Waals surface area contributed by atoms with Gasteiger partial charge in [0.05, 0.1) is 20.8 Å². The van der Waals surface area contributed by atoms with Crippen molar-refractivity contribution in [2.24, 2.45) is 0 Å². The number of alkyl halides is 3. The van der Waals surface area contributed by atoms with Gasteiger partial charge in [-0.2, -0.15) is 13.2 Å². The summed E-state index contributed by atoms with van der Waals surface area (Å²) in [4.78, 5) is 15.5. The Bertz CT molecular complexity index is 649. The second-order valence-corrected chi connectivity index (χ2v) is 5.58. The van der Waals surface area contributed by atoms with E-state index in [0.29, 0.717) is 20.8 Å². The number of halogens is 3. The van der Waals surface area contributed by atoms with Gasteiger partial charge in [-0.1, -0.05) is 6.92 Å². The lowest BCUT2D eigenvalue weighted by Crippen LogP contribution is -2.22. The molecule has 0 radical (unpaired) electrons. The zero-order chi connectivity index (χ0) is 14.9. The quantitative estimate of drug-likeness (QED) is 0.940. The number of carbonyl (C=O) groups excluding carboxylic acids is 1. The summed E-state index contributed by atoms with van der Waals surface area (Å²) in [6.45, 7) is 3.48. The third-order valence-corrected chi connectivity index (χ3v) is 3.72. The van der Waals surface area contributed by atoms with Crippen molar-refractivity contribution in [3.63, 3.8) is 0 Å². The topological polar surface area (TPSA) is 42.0 Å². The van der Waals surface area contributed by atoms with Crippen LogP contribution in [0.5, 0.6) is 0 Å². The van der Waals surface area contributed by atoms with Crippen LogP contribution >= 0.6 is 11.3 Å². The minimum Gasteiger partial charge on any atom is -0.352 e. The average Bonchev–Trinajstić information content (AvgIpc) is 2.74. The SMILES string of the molecule is CCC(=O)NCc1cc(C(F)(F)F)cc2sc(C)nc12. The smallest absolute Gasteiger partial charge is 0.352 e. The van der Waals surface area contributed by atoms with Gasteiger partial charge < -0.3 is 5.32 Å². The van der Waals surface area contributed by atoms with E-state index >= 15 is 0 Å². The number of thiazole rings is 1. The highest BCUT2D eigenvalue weighted by atomic mass is 32.1. The van der Waals surface area contributed by atoms with E-state index in [1.165, 1.54) is 11.3 Å². The minimum atomic E-state index is -4.41. The highest BCUT2D eigenvalue weighted by Gasteiger charge is 2.31. The summed E-state index contributed by atoms with van der Waals surface area (Å²) in [5.41, 5.74) is 0.201. The Balaban J connectivity index is 2.46. The zero-order valence-electron chi connectivity index (χ0n) is 11.0. The molecule has 1 heterocycles. The Labute approximate surface area is 117 Å².